The summed E-state index contributed by atoms with van der Waals surface area (Å²) in [5, 5.41) is 5.74. The van der Waals surface area contributed by atoms with Crippen molar-refractivity contribution in [3.63, 3.8) is 0 Å². The van der Waals surface area contributed by atoms with Crippen LogP contribution in [0.2, 0.25) is 0 Å². The Balaban J connectivity index is 0.000000796. The fourth-order valence-corrected chi connectivity index (χ4v) is 1.29. The topological polar surface area (TPSA) is 67.1 Å². The summed E-state index contributed by atoms with van der Waals surface area (Å²) in [6.07, 6.45) is 2.64. The molecule has 0 saturated heterocycles. The summed E-state index contributed by atoms with van der Waals surface area (Å²) in [7, 11) is 0. The lowest BCUT2D eigenvalue weighted by Gasteiger charge is -2.10. The van der Waals surface area contributed by atoms with Gasteiger partial charge in [-0.1, -0.05) is 44.9 Å². The van der Waals surface area contributed by atoms with Crippen molar-refractivity contribution in [1.82, 2.24) is 5.32 Å². The van der Waals surface area contributed by atoms with Gasteiger partial charge in [-0.05, 0) is 12.1 Å². The first-order chi connectivity index (χ1) is 9.63. The number of carbonyl (C=O) groups is 1. The van der Waals surface area contributed by atoms with E-state index in [0.29, 0.717) is 12.3 Å². The number of nitrogens with one attached hydrogen (secondary N) is 2. The molecule has 1 atom stereocenters. The van der Waals surface area contributed by atoms with E-state index in [2.05, 4.69) is 37.1 Å². The van der Waals surface area contributed by atoms with Gasteiger partial charge in [-0.25, -0.2) is 0 Å². The molecular formula is C15H27N3OS. The predicted molar refractivity (Wildman–Crippen MR) is 90.4 cm³/mol. The molecule has 114 valence electrons. The Bertz CT molecular complexity index is 344. The number of rotatable bonds is 7. The lowest BCUT2D eigenvalue weighted by Crippen LogP contribution is -2.38. The molecule has 0 heterocycles. The van der Waals surface area contributed by atoms with Crippen LogP contribution in [0.25, 0.3) is 0 Å². The molecule has 5 heteroatoms. The largest absolute Gasteiger partial charge is 0.326 e. The van der Waals surface area contributed by atoms with Gasteiger partial charge in [0.1, 0.15) is 0 Å². The first-order valence-electron chi connectivity index (χ1n) is 7.06. The van der Waals surface area contributed by atoms with Crippen LogP contribution < -0.4 is 16.4 Å². The Morgan fingerprint density at radius 3 is 2.35 bits per heavy atom. The number of unbranched alkanes of at least 4 members (excludes halogenated alkanes) is 1. The molecule has 1 aromatic rings. The third-order valence-corrected chi connectivity index (χ3v) is 2.95. The lowest BCUT2D eigenvalue weighted by molar-refractivity contribution is -0.115. The molecule has 0 aliphatic rings. The molecule has 0 aromatic heterocycles. The predicted octanol–water partition coefficient (Wildman–Crippen LogP) is 2.28. The van der Waals surface area contributed by atoms with Crippen molar-refractivity contribution in [3.8, 4) is 0 Å². The highest BCUT2D eigenvalue weighted by molar-refractivity contribution is 7.80. The van der Waals surface area contributed by atoms with Gasteiger partial charge in [0.25, 0.3) is 0 Å². The monoisotopic (exact) mass is 297 g/mol. The van der Waals surface area contributed by atoms with Crippen molar-refractivity contribution in [2.24, 2.45) is 5.73 Å². The first kappa shape index (κ1) is 19.0. The van der Waals surface area contributed by atoms with Crippen molar-refractivity contribution in [2.75, 3.05) is 24.2 Å². The molecule has 20 heavy (non-hydrogen) atoms. The maximum atomic E-state index is 11.4. The number of anilines is 1. The van der Waals surface area contributed by atoms with Gasteiger partial charge in [-0.3, -0.25) is 4.79 Å². The fraction of sp³-hybridized carbons (Fsp3) is 0.533. The summed E-state index contributed by atoms with van der Waals surface area (Å²) < 4.78 is 0. The van der Waals surface area contributed by atoms with Crippen molar-refractivity contribution in [2.45, 2.75) is 32.7 Å². The highest BCUT2D eigenvalue weighted by atomic mass is 32.1. The van der Waals surface area contributed by atoms with Crippen molar-refractivity contribution in [3.05, 3.63) is 30.3 Å². The summed E-state index contributed by atoms with van der Waals surface area (Å²) in [5.74, 6) is 0.533. The minimum absolute atomic E-state index is 0.0205. The maximum absolute atomic E-state index is 11.4. The SMILES string of the molecule is CCCC.NC(CS)CNCC(=O)Nc1ccccc1. The van der Waals surface area contributed by atoms with Gasteiger partial charge in [0.2, 0.25) is 5.91 Å². The van der Waals surface area contributed by atoms with Crippen LogP contribution in [0.5, 0.6) is 0 Å². The third kappa shape index (κ3) is 10.8. The zero-order valence-corrected chi connectivity index (χ0v) is 13.3. The molecule has 4 nitrogen and oxygen atoms in total. The van der Waals surface area contributed by atoms with E-state index in [-0.39, 0.29) is 18.5 Å². The van der Waals surface area contributed by atoms with E-state index in [0.717, 1.165) is 5.69 Å². The molecule has 0 spiro atoms. The molecular weight excluding hydrogens is 270 g/mol. The molecule has 0 aliphatic carbocycles. The second-order valence-electron chi connectivity index (χ2n) is 4.49. The summed E-state index contributed by atoms with van der Waals surface area (Å²) in [4.78, 5) is 11.4. The Labute approximate surface area is 127 Å². The zero-order chi connectivity index (χ0) is 15.2. The smallest absolute Gasteiger partial charge is 0.238 e. The van der Waals surface area contributed by atoms with Crippen LogP contribution in [0.4, 0.5) is 5.69 Å². The Kier molecular flexibility index (Phi) is 12.3. The van der Waals surface area contributed by atoms with Crippen molar-refractivity contribution < 1.29 is 4.79 Å². The molecule has 4 N–H and O–H groups in total. The molecule has 0 fully saturated rings. The van der Waals surface area contributed by atoms with E-state index in [1.165, 1.54) is 12.8 Å². The van der Waals surface area contributed by atoms with Gasteiger partial charge >= 0.3 is 0 Å². The van der Waals surface area contributed by atoms with E-state index in [9.17, 15) is 4.79 Å². The van der Waals surface area contributed by atoms with Crippen molar-refractivity contribution in [1.29, 1.82) is 0 Å². The molecule has 1 rings (SSSR count). The second kappa shape index (κ2) is 13.0. The summed E-state index contributed by atoms with van der Waals surface area (Å²) in [5.41, 5.74) is 6.44. The molecule has 0 aliphatic heterocycles. The van der Waals surface area contributed by atoms with Crippen molar-refractivity contribution >= 4 is 24.2 Å². The van der Waals surface area contributed by atoms with Gasteiger partial charge < -0.3 is 16.4 Å². The minimum Gasteiger partial charge on any atom is -0.326 e. The standard InChI is InChI=1S/C11H17N3OS.C4H10/c12-9(8-16)6-13-7-11(15)14-10-4-2-1-3-5-10;1-3-4-2/h1-5,9,13,16H,6-8,12H2,(H,14,15);3-4H2,1-2H3. The zero-order valence-electron chi connectivity index (χ0n) is 12.4. The number of carbonyl (C=O) groups excluding carboxylic acids is 1. The van der Waals surface area contributed by atoms with E-state index < -0.39 is 0 Å². The van der Waals surface area contributed by atoms with Gasteiger partial charge in [0.05, 0.1) is 6.54 Å². The van der Waals surface area contributed by atoms with Crippen LogP contribution in [0.1, 0.15) is 26.7 Å². The summed E-state index contributed by atoms with van der Waals surface area (Å²) in [6, 6.07) is 9.32. The molecule has 1 unspecified atom stereocenters. The molecule has 0 radical (unpaired) electrons. The van der Waals surface area contributed by atoms with Crippen LogP contribution >= 0.6 is 12.6 Å². The molecule has 0 saturated carbocycles. The Morgan fingerprint density at radius 2 is 1.85 bits per heavy atom. The van der Waals surface area contributed by atoms with Gasteiger partial charge in [-0.15, -0.1) is 0 Å². The third-order valence-electron chi connectivity index (χ3n) is 2.48. The Morgan fingerprint density at radius 1 is 1.25 bits per heavy atom. The van der Waals surface area contributed by atoms with Gasteiger partial charge in [0.15, 0.2) is 0 Å². The summed E-state index contributed by atoms with van der Waals surface area (Å²) >= 11 is 4.05. The minimum atomic E-state index is -0.0717. The lowest BCUT2D eigenvalue weighted by atomic mass is 10.3. The van der Waals surface area contributed by atoms with E-state index >= 15 is 0 Å². The average molecular weight is 297 g/mol. The fourth-order valence-electron chi connectivity index (χ4n) is 1.16. The number of nitrogens with two attached hydrogens (primary N) is 1. The molecule has 1 aromatic carbocycles. The average Bonchev–Trinajstić information content (AvgIpc) is 2.48. The molecule has 0 bridgehead atoms. The van der Waals surface area contributed by atoms with Gasteiger partial charge in [0, 0.05) is 24.0 Å². The van der Waals surface area contributed by atoms with E-state index in [4.69, 9.17) is 5.73 Å². The first-order valence-corrected chi connectivity index (χ1v) is 7.69. The normalized spacial score (nSPS) is 11.2. The second-order valence-corrected chi connectivity index (χ2v) is 4.85. The number of amides is 1. The summed E-state index contributed by atoms with van der Waals surface area (Å²) in [6.45, 7) is 5.21. The van der Waals surface area contributed by atoms with Crippen LogP contribution in [-0.4, -0.2) is 30.8 Å². The highest BCUT2D eigenvalue weighted by Gasteiger charge is 2.03. The Hall–Kier alpha value is -1.04. The molecule has 1 amide bonds. The van der Waals surface area contributed by atoms with Crippen LogP contribution in [0.3, 0.4) is 0 Å². The van der Waals surface area contributed by atoms with Crippen LogP contribution in [0, 0.1) is 0 Å². The highest BCUT2D eigenvalue weighted by Crippen LogP contribution is 2.03. The maximum Gasteiger partial charge on any atom is 0.238 e. The number of thiol groups is 1. The van der Waals surface area contributed by atoms with Crippen LogP contribution in [0.15, 0.2) is 30.3 Å². The quantitative estimate of drug-likeness (QED) is 0.584. The number of hydrogen-bond donors (Lipinski definition) is 4. The van der Waals surface area contributed by atoms with E-state index in [1.54, 1.807) is 0 Å². The van der Waals surface area contributed by atoms with Gasteiger partial charge in [-0.2, -0.15) is 12.6 Å². The van der Waals surface area contributed by atoms with E-state index in [1.807, 2.05) is 30.3 Å². The number of hydrogen-bond acceptors (Lipinski definition) is 4. The number of benzene rings is 1. The van der Waals surface area contributed by atoms with Crippen LogP contribution in [-0.2, 0) is 4.79 Å². The number of para-hydroxylation sites is 1.